The van der Waals surface area contributed by atoms with Crippen molar-refractivity contribution >= 4 is 27.3 Å². The molecule has 0 bridgehead atoms. The van der Waals surface area contributed by atoms with Gasteiger partial charge < -0.3 is 4.74 Å². The Morgan fingerprint density at radius 1 is 1.29 bits per heavy atom. The van der Waals surface area contributed by atoms with Gasteiger partial charge in [0.1, 0.15) is 11.6 Å². The molecular weight excluding hydrogens is 303 g/mol. The summed E-state index contributed by atoms with van der Waals surface area (Å²) in [6.07, 6.45) is 0.878. The van der Waals surface area contributed by atoms with E-state index in [0.29, 0.717) is 11.9 Å². The molecule has 2 rings (SSSR count). The molecule has 4 heteroatoms. The Kier molecular flexibility index (Phi) is 4.57. The molecule has 17 heavy (non-hydrogen) atoms. The third kappa shape index (κ3) is 3.54. The van der Waals surface area contributed by atoms with Gasteiger partial charge in [0.25, 0.3) is 0 Å². The molecule has 1 aromatic carbocycles. The predicted molar refractivity (Wildman–Crippen MR) is 72.5 cm³/mol. The molecule has 1 nitrogen and oxygen atoms in total. The molecule has 0 N–H and O–H groups in total. The van der Waals surface area contributed by atoms with Crippen LogP contribution in [-0.4, -0.2) is 6.61 Å². The fraction of sp³-hybridized carbons (Fsp3) is 0.231. The van der Waals surface area contributed by atoms with E-state index in [1.165, 1.54) is 17.7 Å². The van der Waals surface area contributed by atoms with Crippen molar-refractivity contribution in [2.24, 2.45) is 0 Å². The Balaban J connectivity index is 1.94. The van der Waals surface area contributed by atoms with Crippen LogP contribution in [0.5, 0.6) is 5.75 Å². The standard InChI is InChI=1S/C13H12BrFOS/c14-8-11-7-12(15)1-2-13(11)16-5-3-10-4-6-17-9-10/h1-2,4,6-7,9H,3,5,8H2. The molecule has 0 aliphatic carbocycles. The van der Waals surface area contributed by atoms with Gasteiger partial charge in [-0.15, -0.1) is 0 Å². The minimum absolute atomic E-state index is 0.232. The lowest BCUT2D eigenvalue weighted by atomic mass is 10.2. The lowest BCUT2D eigenvalue weighted by Crippen LogP contribution is -2.02. The molecule has 1 heterocycles. The smallest absolute Gasteiger partial charge is 0.123 e. The lowest BCUT2D eigenvalue weighted by molar-refractivity contribution is 0.319. The van der Waals surface area contributed by atoms with Gasteiger partial charge in [-0.05, 0) is 40.6 Å². The summed E-state index contributed by atoms with van der Waals surface area (Å²) in [5, 5.41) is 4.76. The van der Waals surface area contributed by atoms with Crippen LogP contribution in [-0.2, 0) is 11.8 Å². The minimum atomic E-state index is -0.232. The number of ether oxygens (including phenoxy) is 1. The Labute approximate surface area is 112 Å². The molecule has 0 aliphatic rings. The van der Waals surface area contributed by atoms with Crippen LogP contribution < -0.4 is 4.74 Å². The van der Waals surface area contributed by atoms with E-state index in [0.717, 1.165) is 17.7 Å². The molecule has 0 spiro atoms. The summed E-state index contributed by atoms with van der Waals surface area (Å²) < 4.78 is 18.7. The first kappa shape index (κ1) is 12.6. The van der Waals surface area contributed by atoms with E-state index >= 15 is 0 Å². The normalized spacial score (nSPS) is 10.5. The third-order valence-electron chi connectivity index (χ3n) is 2.39. The zero-order chi connectivity index (χ0) is 12.1. The molecule has 0 fully saturated rings. The average Bonchev–Trinajstić information content (AvgIpc) is 2.84. The monoisotopic (exact) mass is 314 g/mol. The van der Waals surface area contributed by atoms with Crippen LogP contribution in [0.25, 0.3) is 0 Å². The van der Waals surface area contributed by atoms with Crippen LogP contribution in [0.1, 0.15) is 11.1 Å². The molecule has 0 amide bonds. The van der Waals surface area contributed by atoms with E-state index in [-0.39, 0.29) is 5.82 Å². The number of hydrogen-bond donors (Lipinski definition) is 0. The van der Waals surface area contributed by atoms with E-state index in [1.54, 1.807) is 17.4 Å². The van der Waals surface area contributed by atoms with Gasteiger partial charge in [-0.2, -0.15) is 11.3 Å². The van der Waals surface area contributed by atoms with Gasteiger partial charge in [-0.1, -0.05) is 15.9 Å². The van der Waals surface area contributed by atoms with E-state index in [9.17, 15) is 4.39 Å². The van der Waals surface area contributed by atoms with Crippen LogP contribution in [0.15, 0.2) is 35.0 Å². The first-order valence-corrected chi connectivity index (χ1v) is 7.34. The van der Waals surface area contributed by atoms with Gasteiger partial charge in [0.15, 0.2) is 0 Å². The highest BCUT2D eigenvalue weighted by Crippen LogP contribution is 2.22. The molecule has 0 saturated carbocycles. The molecule has 90 valence electrons. The summed E-state index contributed by atoms with van der Waals surface area (Å²) in [4.78, 5) is 0. The molecule has 0 unspecified atom stereocenters. The van der Waals surface area contributed by atoms with Crippen molar-refractivity contribution in [3.63, 3.8) is 0 Å². The quantitative estimate of drug-likeness (QED) is 0.743. The molecule has 1 aromatic heterocycles. The summed E-state index contributed by atoms with van der Waals surface area (Å²) in [6.45, 7) is 0.613. The molecule has 0 saturated heterocycles. The van der Waals surface area contributed by atoms with Crippen LogP contribution in [0.2, 0.25) is 0 Å². The highest BCUT2D eigenvalue weighted by molar-refractivity contribution is 9.08. The van der Waals surface area contributed by atoms with Crippen LogP contribution in [0, 0.1) is 5.82 Å². The summed E-state index contributed by atoms with van der Waals surface area (Å²) in [5.41, 5.74) is 2.12. The first-order valence-electron chi connectivity index (χ1n) is 5.28. The fourth-order valence-electron chi connectivity index (χ4n) is 1.51. The second kappa shape index (κ2) is 6.17. The number of rotatable bonds is 5. The number of hydrogen-bond acceptors (Lipinski definition) is 2. The van der Waals surface area contributed by atoms with Crippen molar-refractivity contribution in [1.82, 2.24) is 0 Å². The van der Waals surface area contributed by atoms with E-state index in [4.69, 9.17) is 4.74 Å². The molecule has 0 atom stereocenters. The highest BCUT2D eigenvalue weighted by atomic mass is 79.9. The van der Waals surface area contributed by atoms with Gasteiger partial charge in [-0.3, -0.25) is 0 Å². The van der Waals surface area contributed by atoms with Crippen molar-refractivity contribution in [3.8, 4) is 5.75 Å². The molecule has 0 radical (unpaired) electrons. The van der Waals surface area contributed by atoms with Gasteiger partial charge in [-0.25, -0.2) is 4.39 Å². The zero-order valence-electron chi connectivity index (χ0n) is 9.16. The summed E-state index contributed by atoms with van der Waals surface area (Å²) >= 11 is 5.01. The van der Waals surface area contributed by atoms with E-state index in [1.807, 2.05) is 0 Å². The highest BCUT2D eigenvalue weighted by Gasteiger charge is 2.04. The van der Waals surface area contributed by atoms with Gasteiger partial charge >= 0.3 is 0 Å². The SMILES string of the molecule is Fc1ccc(OCCc2ccsc2)c(CBr)c1. The number of alkyl halides is 1. The van der Waals surface area contributed by atoms with Crippen molar-refractivity contribution in [3.05, 3.63) is 52.0 Å². The van der Waals surface area contributed by atoms with E-state index in [2.05, 4.69) is 32.8 Å². The van der Waals surface area contributed by atoms with E-state index < -0.39 is 0 Å². The Bertz CT molecular complexity index is 470. The van der Waals surface area contributed by atoms with Crippen LogP contribution in [0.3, 0.4) is 0 Å². The predicted octanol–water partition coefficient (Wildman–Crippen LogP) is 4.40. The number of benzene rings is 1. The number of thiophene rings is 1. The average molecular weight is 315 g/mol. The maximum atomic E-state index is 13.0. The summed E-state index contributed by atoms with van der Waals surface area (Å²) in [6, 6.07) is 6.68. The molecule has 0 aliphatic heterocycles. The zero-order valence-corrected chi connectivity index (χ0v) is 11.6. The second-order valence-electron chi connectivity index (χ2n) is 3.62. The topological polar surface area (TPSA) is 9.23 Å². The Morgan fingerprint density at radius 3 is 2.88 bits per heavy atom. The maximum Gasteiger partial charge on any atom is 0.123 e. The third-order valence-corrected chi connectivity index (χ3v) is 3.73. The first-order chi connectivity index (χ1) is 8.29. The molecular formula is C13H12BrFOS. The fourth-order valence-corrected chi connectivity index (χ4v) is 2.65. The van der Waals surface area contributed by atoms with Crippen molar-refractivity contribution in [2.45, 2.75) is 11.8 Å². The summed E-state index contributed by atoms with van der Waals surface area (Å²) in [7, 11) is 0. The number of halogens is 2. The Morgan fingerprint density at radius 2 is 2.18 bits per heavy atom. The van der Waals surface area contributed by atoms with Gasteiger partial charge in [0.2, 0.25) is 0 Å². The van der Waals surface area contributed by atoms with Crippen LogP contribution >= 0.6 is 27.3 Å². The maximum absolute atomic E-state index is 13.0. The van der Waals surface area contributed by atoms with Crippen LogP contribution in [0.4, 0.5) is 4.39 Å². The van der Waals surface area contributed by atoms with Crippen molar-refractivity contribution < 1.29 is 9.13 Å². The van der Waals surface area contributed by atoms with Gasteiger partial charge in [0.05, 0.1) is 6.61 Å². The van der Waals surface area contributed by atoms with Crippen molar-refractivity contribution in [2.75, 3.05) is 6.61 Å². The van der Waals surface area contributed by atoms with Gasteiger partial charge in [0, 0.05) is 17.3 Å². The lowest BCUT2D eigenvalue weighted by Gasteiger charge is -2.09. The second-order valence-corrected chi connectivity index (χ2v) is 4.96. The molecule has 2 aromatic rings. The van der Waals surface area contributed by atoms with Crippen molar-refractivity contribution in [1.29, 1.82) is 0 Å². The Hall–Kier alpha value is -0.870. The largest absolute Gasteiger partial charge is 0.493 e. The summed E-state index contributed by atoms with van der Waals surface area (Å²) in [5.74, 6) is 0.517. The minimum Gasteiger partial charge on any atom is -0.493 e.